The summed E-state index contributed by atoms with van der Waals surface area (Å²) in [6.07, 6.45) is 0. The number of nitrogens with zero attached hydrogens (tertiary/aromatic N) is 1. The van der Waals surface area contributed by atoms with Crippen molar-refractivity contribution in [1.29, 1.82) is 0 Å². The van der Waals surface area contributed by atoms with E-state index in [4.69, 9.17) is 0 Å². The van der Waals surface area contributed by atoms with Gasteiger partial charge < -0.3 is 4.57 Å². The third-order valence-corrected chi connectivity index (χ3v) is 7.74. The second kappa shape index (κ2) is 7.81. The zero-order valence-electron chi connectivity index (χ0n) is 20.2. The van der Waals surface area contributed by atoms with Crippen molar-refractivity contribution in [2.45, 2.75) is 0 Å². The lowest BCUT2D eigenvalue weighted by molar-refractivity contribution is 1.19. The van der Waals surface area contributed by atoms with Crippen LogP contribution in [0.3, 0.4) is 0 Å². The molecule has 1 aromatic heterocycles. The van der Waals surface area contributed by atoms with Gasteiger partial charge in [0.25, 0.3) is 0 Å². The van der Waals surface area contributed by atoms with Crippen LogP contribution in [-0.2, 0) is 0 Å². The van der Waals surface area contributed by atoms with E-state index in [2.05, 4.69) is 144 Å². The molecule has 0 unspecified atom stereocenters. The standard InChI is InChI=1S/C36H23N/c1-2-10-26-23-29(19-16-24(26)8-1)37-34-15-6-5-13-33(34)36-32-20-17-27(22-28(32)18-21-35(36)37)31-14-7-11-25-9-3-4-12-30(25)31/h1-23H. The highest BCUT2D eigenvalue weighted by Gasteiger charge is 2.15. The maximum Gasteiger partial charge on any atom is 0.0547 e. The van der Waals surface area contributed by atoms with Crippen LogP contribution in [0.4, 0.5) is 0 Å². The Labute approximate surface area is 214 Å². The highest BCUT2D eigenvalue weighted by Crippen LogP contribution is 2.39. The predicted molar refractivity (Wildman–Crippen MR) is 159 cm³/mol. The van der Waals surface area contributed by atoms with E-state index in [1.165, 1.54) is 70.9 Å². The number of aromatic nitrogens is 1. The van der Waals surface area contributed by atoms with Crippen LogP contribution in [0.25, 0.3) is 70.9 Å². The number of fused-ring (bicyclic) bond motifs is 7. The van der Waals surface area contributed by atoms with E-state index >= 15 is 0 Å². The highest BCUT2D eigenvalue weighted by atomic mass is 15.0. The van der Waals surface area contributed by atoms with E-state index in [1.54, 1.807) is 0 Å². The lowest BCUT2D eigenvalue weighted by Gasteiger charge is -2.11. The Kier molecular flexibility index (Phi) is 4.29. The normalized spacial score (nSPS) is 11.8. The molecule has 0 saturated carbocycles. The van der Waals surface area contributed by atoms with Crippen molar-refractivity contribution in [2.24, 2.45) is 0 Å². The molecule has 1 heteroatoms. The second-order valence-corrected chi connectivity index (χ2v) is 9.81. The molecule has 0 radical (unpaired) electrons. The van der Waals surface area contributed by atoms with Crippen LogP contribution in [0, 0.1) is 0 Å². The average molecular weight is 470 g/mol. The van der Waals surface area contributed by atoms with Gasteiger partial charge in [0.05, 0.1) is 11.0 Å². The molecule has 172 valence electrons. The fraction of sp³-hybridized carbons (Fsp3) is 0. The summed E-state index contributed by atoms with van der Waals surface area (Å²) in [6.45, 7) is 0. The Hall–Kier alpha value is -4.88. The summed E-state index contributed by atoms with van der Waals surface area (Å²) in [5, 5.41) is 10.2. The Morgan fingerprint density at radius 1 is 0.378 bits per heavy atom. The van der Waals surface area contributed by atoms with E-state index in [0.717, 1.165) is 0 Å². The first-order valence-electron chi connectivity index (χ1n) is 12.8. The number of hydrogen-bond acceptors (Lipinski definition) is 0. The van der Waals surface area contributed by atoms with Gasteiger partial charge >= 0.3 is 0 Å². The fourth-order valence-corrected chi connectivity index (χ4v) is 6.04. The number of para-hydroxylation sites is 1. The van der Waals surface area contributed by atoms with Crippen LogP contribution in [-0.4, -0.2) is 4.57 Å². The summed E-state index contributed by atoms with van der Waals surface area (Å²) >= 11 is 0. The minimum Gasteiger partial charge on any atom is -0.309 e. The van der Waals surface area contributed by atoms with E-state index in [0.29, 0.717) is 0 Å². The molecule has 0 aliphatic heterocycles. The van der Waals surface area contributed by atoms with E-state index < -0.39 is 0 Å². The largest absolute Gasteiger partial charge is 0.309 e. The van der Waals surface area contributed by atoms with Crippen LogP contribution in [0.1, 0.15) is 0 Å². The smallest absolute Gasteiger partial charge is 0.0547 e. The lowest BCUT2D eigenvalue weighted by Crippen LogP contribution is -1.93. The van der Waals surface area contributed by atoms with E-state index in [9.17, 15) is 0 Å². The Morgan fingerprint density at radius 3 is 2.03 bits per heavy atom. The minimum absolute atomic E-state index is 1.19. The van der Waals surface area contributed by atoms with Crippen molar-refractivity contribution < 1.29 is 0 Å². The number of rotatable bonds is 2. The highest BCUT2D eigenvalue weighted by molar-refractivity contribution is 6.21. The minimum atomic E-state index is 1.19. The van der Waals surface area contributed by atoms with Crippen molar-refractivity contribution in [2.75, 3.05) is 0 Å². The molecule has 7 aromatic carbocycles. The Bertz CT molecular complexity index is 2140. The summed E-state index contributed by atoms with van der Waals surface area (Å²) < 4.78 is 2.41. The molecule has 0 amide bonds. The van der Waals surface area contributed by atoms with Crippen molar-refractivity contribution in [3.63, 3.8) is 0 Å². The molecule has 0 saturated heterocycles. The van der Waals surface area contributed by atoms with Crippen LogP contribution in [0.5, 0.6) is 0 Å². The van der Waals surface area contributed by atoms with Gasteiger partial charge in [0.1, 0.15) is 0 Å². The molecule has 0 atom stereocenters. The summed E-state index contributed by atoms with van der Waals surface area (Å²) in [4.78, 5) is 0. The molecule has 0 N–H and O–H groups in total. The third kappa shape index (κ3) is 3.04. The molecule has 0 spiro atoms. The Balaban J connectivity index is 1.40. The quantitative estimate of drug-likeness (QED) is 0.237. The number of benzene rings is 7. The molecule has 8 aromatic rings. The van der Waals surface area contributed by atoms with Gasteiger partial charge in [-0.25, -0.2) is 0 Å². The third-order valence-electron chi connectivity index (χ3n) is 7.74. The monoisotopic (exact) mass is 469 g/mol. The van der Waals surface area contributed by atoms with Gasteiger partial charge in [0.2, 0.25) is 0 Å². The zero-order valence-corrected chi connectivity index (χ0v) is 20.2. The molecule has 0 aliphatic carbocycles. The SMILES string of the molecule is c1ccc2cc(-n3c4ccccc4c4c5ccc(-c6cccc7ccccc67)cc5ccc43)ccc2c1. The van der Waals surface area contributed by atoms with Crippen molar-refractivity contribution in [1.82, 2.24) is 4.57 Å². The molecule has 1 nitrogen and oxygen atoms in total. The van der Waals surface area contributed by atoms with Crippen LogP contribution in [0.2, 0.25) is 0 Å². The summed E-state index contributed by atoms with van der Waals surface area (Å²) in [5.74, 6) is 0. The fourth-order valence-electron chi connectivity index (χ4n) is 6.04. The van der Waals surface area contributed by atoms with Gasteiger partial charge in [-0.2, -0.15) is 0 Å². The van der Waals surface area contributed by atoms with Crippen molar-refractivity contribution >= 4 is 54.1 Å². The first kappa shape index (κ1) is 20.3. The average Bonchev–Trinajstić information content (AvgIpc) is 3.31. The lowest BCUT2D eigenvalue weighted by atomic mass is 9.95. The van der Waals surface area contributed by atoms with E-state index in [1.807, 2.05) is 0 Å². The van der Waals surface area contributed by atoms with Gasteiger partial charge in [-0.3, -0.25) is 0 Å². The molecule has 0 bridgehead atoms. The zero-order chi connectivity index (χ0) is 24.3. The Morgan fingerprint density at radius 2 is 1.11 bits per heavy atom. The van der Waals surface area contributed by atoms with Crippen LogP contribution >= 0.6 is 0 Å². The summed E-state index contributed by atoms with van der Waals surface area (Å²) in [5.41, 5.74) is 6.19. The second-order valence-electron chi connectivity index (χ2n) is 9.81. The first-order valence-corrected chi connectivity index (χ1v) is 12.8. The van der Waals surface area contributed by atoms with Gasteiger partial charge in [-0.05, 0) is 73.8 Å². The molecular formula is C36H23N. The topological polar surface area (TPSA) is 4.93 Å². The number of hydrogen-bond donors (Lipinski definition) is 0. The van der Waals surface area contributed by atoms with Crippen LogP contribution in [0.15, 0.2) is 140 Å². The van der Waals surface area contributed by atoms with Gasteiger partial charge in [0, 0.05) is 16.5 Å². The first-order chi connectivity index (χ1) is 18.3. The van der Waals surface area contributed by atoms with E-state index in [-0.39, 0.29) is 0 Å². The molecule has 37 heavy (non-hydrogen) atoms. The molecule has 0 aliphatic rings. The summed E-state index contributed by atoms with van der Waals surface area (Å²) in [7, 11) is 0. The van der Waals surface area contributed by atoms with Crippen molar-refractivity contribution in [3.8, 4) is 16.8 Å². The predicted octanol–water partition coefficient (Wildman–Crippen LogP) is 9.91. The van der Waals surface area contributed by atoms with Crippen LogP contribution < -0.4 is 0 Å². The van der Waals surface area contributed by atoms with Crippen molar-refractivity contribution in [3.05, 3.63) is 140 Å². The molecule has 0 fully saturated rings. The van der Waals surface area contributed by atoms with Gasteiger partial charge in [-0.15, -0.1) is 0 Å². The molecule has 8 rings (SSSR count). The van der Waals surface area contributed by atoms with Gasteiger partial charge in [-0.1, -0.05) is 109 Å². The summed E-state index contributed by atoms with van der Waals surface area (Å²) in [6, 6.07) is 50.8. The molecule has 1 heterocycles. The maximum atomic E-state index is 2.41. The van der Waals surface area contributed by atoms with Gasteiger partial charge in [0.15, 0.2) is 0 Å². The molecular weight excluding hydrogens is 446 g/mol. The maximum absolute atomic E-state index is 2.41.